The van der Waals surface area contributed by atoms with Crippen molar-refractivity contribution >= 4 is 9.84 Å². The van der Waals surface area contributed by atoms with E-state index in [4.69, 9.17) is 5.26 Å². The molecule has 0 aliphatic rings. The molecule has 0 aliphatic carbocycles. The van der Waals surface area contributed by atoms with Crippen LogP contribution in [0.2, 0.25) is 0 Å². The minimum absolute atomic E-state index is 0.00690. The standard InChI is InChI=1S/C16H15NO2S/c1-13-4-2-3-5-16(13)12-20(18,19)11-15-8-6-14(10-17)7-9-15/h2-9H,11-12H2,1H3. The lowest BCUT2D eigenvalue weighted by atomic mass is 10.1. The molecule has 0 unspecified atom stereocenters. The second kappa shape index (κ2) is 5.89. The zero-order chi connectivity index (χ0) is 14.6. The molecule has 0 radical (unpaired) electrons. The summed E-state index contributed by atoms with van der Waals surface area (Å²) in [6, 6.07) is 16.2. The summed E-state index contributed by atoms with van der Waals surface area (Å²) in [5.41, 5.74) is 3.06. The van der Waals surface area contributed by atoms with Crippen molar-refractivity contribution in [3.05, 3.63) is 70.8 Å². The smallest absolute Gasteiger partial charge is 0.158 e. The van der Waals surface area contributed by atoms with E-state index < -0.39 is 9.84 Å². The summed E-state index contributed by atoms with van der Waals surface area (Å²) in [6.07, 6.45) is 0. The quantitative estimate of drug-likeness (QED) is 0.867. The molecule has 20 heavy (non-hydrogen) atoms. The summed E-state index contributed by atoms with van der Waals surface area (Å²) in [4.78, 5) is 0. The van der Waals surface area contributed by atoms with Crippen molar-refractivity contribution < 1.29 is 8.42 Å². The summed E-state index contributed by atoms with van der Waals surface area (Å²) in [6.45, 7) is 1.91. The first kappa shape index (κ1) is 14.3. The number of benzene rings is 2. The Balaban J connectivity index is 2.15. The van der Waals surface area contributed by atoms with Gasteiger partial charge in [0.1, 0.15) is 0 Å². The summed E-state index contributed by atoms with van der Waals surface area (Å²) in [5.74, 6) is 0.0344. The lowest BCUT2D eigenvalue weighted by molar-refractivity contribution is 0.594. The number of rotatable bonds is 4. The van der Waals surface area contributed by atoms with Crippen molar-refractivity contribution in [1.29, 1.82) is 5.26 Å². The molecule has 102 valence electrons. The third kappa shape index (κ3) is 3.69. The van der Waals surface area contributed by atoms with E-state index in [1.54, 1.807) is 24.3 Å². The van der Waals surface area contributed by atoms with Crippen molar-refractivity contribution in [3.63, 3.8) is 0 Å². The summed E-state index contributed by atoms with van der Waals surface area (Å²) in [5, 5.41) is 8.72. The molecule has 0 amide bonds. The van der Waals surface area contributed by atoms with E-state index in [1.807, 2.05) is 37.3 Å². The van der Waals surface area contributed by atoms with Crippen LogP contribution in [-0.2, 0) is 21.3 Å². The van der Waals surface area contributed by atoms with Crippen molar-refractivity contribution in [2.45, 2.75) is 18.4 Å². The third-order valence-corrected chi connectivity index (χ3v) is 4.63. The van der Waals surface area contributed by atoms with E-state index in [0.717, 1.165) is 11.1 Å². The molecule has 0 atom stereocenters. The molecule has 2 aromatic carbocycles. The summed E-state index contributed by atoms with van der Waals surface area (Å²) in [7, 11) is -3.21. The molecule has 0 spiro atoms. The fourth-order valence-electron chi connectivity index (χ4n) is 1.99. The molecule has 4 heteroatoms. The van der Waals surface area contributed by atoms with Gasteiger partial charge in [-0.05, 0) is 35.7 Å². The van der Waals surface area contributed by atoms with Crippen LogP contribution in [0.15, 0.2) is 48.5 Å². The molecule has 0 aromatic heterocycles. The molecule has 2 rings (SSSR count). The van der Waals surface area contributed by atoms with Gasteiger partial charge in [-0.3, -0.25) is 0 Å². The van der Waals surface area contributed by atoms with Crippen LogP contribution in [0, 0.1) is 18.3 Å². The predicted molar refractivity (Wildman–Crippen MR) is 78.7 cm³/mol. The van der Waals surface area contributed by atoms with E-state index >= 15 is 0 Å². The lowest BCUT2D eigenvalue weighted by Crippen LogP contribution is -2.08. The van der Waals surface area contributed by atoms with Crippen LogP contribution in [0.4, 0.5) is 0 Å². The van der Waals surface area contributed by atoms with Gasteiger partial charge in [0.05, 0.1) is 23.1 Å². The van der Waals surface area contributed by atoms with Crippen molar-refractivity contribution in [2.75, 3.05) is 0 Å². The number of nitriles is 1. The highest BCUT2D eigenvalue weighted by molar-refractivity contribution is 7.89. The average molecular weight is 285 g/mol. The first-order chi connectivity index (χ1) is 9.50. The second-order valence-electron chi connectivity index (χ2n) is 4.77. The van der Waals surface area contributed by atoms with Gasteiger partial charge in [0.25, 0.3) is 0 Å². The van der Waals surface area contributed by atoms with Crippen molar-refractivity contribution in [2.24, 2.45) is 0 Å². The molecule has 0 aliphatic heterocycles. The Morgan fingerprint density at radius 1 is 1.00 bits per heavy atom. The minimum Gasteiger partial charge on any atom is -0.228 e. The fourth-order valence-corrected chi connectivity index (χ4v) is 3.59. The number of nitrogens with zero attached hydrogens (tertiary/aromatic N) is 1. The Hall–Kier alpha value is -2.12. The van der Waals surface area contributed by atoms with Crippen LogP contribution < -0.4 is 0 Å². The molecular weight excluding hydrogens is 270 g/mol. The molecule has 0 saturated heterocycles. The summed E-state index contributed by atoms with van der Waals surface area (Å²) < 4.78 is 24.4. The molecular formula is C16H15NO2S. The maximum absolute atomic E-state index is 12.2. The zero-order valence-electron chi connectivity index (χ0n) is 11.2. The van der Waals surface area contributed by atoms with Gasteiger partial charge in [-0.25, -0.2) is 8.42 Å². The average Bonchev–Trinajstić information content (AvgIpc) is 2.41. The Kier molecular flexibility index (Phi) is 4.21. The zero-order valence-corrected chi connectivity index (χ0v) is 12.0. The minimum atomic E-state index is -3.21. The first-order valence-electron chi connectivity index (χ1n) is 6.24. The van der Waals surface area contributed by atoms with Gasteiger partial charge in [0.2, 0.25) is 0 Å². The molecule has 2 aromatic rings. The molecule has 0 saturated carbocycles. The normalized spacial score (nSPS) is 11.0. The van der Waals surface area contributed by atoms with E-state index in [-0.39, 0.29) is 11.5 Å². The topological polar surface area (TPSA) is 57.9 Å². The van der Waals surface area contributed by atoms with E-state index in [9.17, 15) is 8.42 Å². The highest BCUT2D eigenvalue weighted by atomic mass is 32.2. The van der Waals surface area contributed by atoms with Gasteiger partial charge in [0.15, 0.2) is 9.84 Å². The largest absolute Gasteiger partial charge is 0.228 e. The van der Waals surface area contributed by atoms with Gasteiger partial charge < -0.3 is 0 Å². The van der Waals surface area contributed by atoms with Crippen LogP contribution in [0.5, 0.6) is 0 Å². The van der Waals surface area contributed by atoms with Crippen LogP contribution in [-0.4, -0.2) is 8.42 Å². The first-order valence-corrected chi connectivity index (χ1v) is 8.06. The fraction of sp³-hybridized carbons (Fsp3) is 0.188. The number of sulfone groups is 1. The van der Waals surface area contributed by atoms with Gasteiger partial charge in [-0.15, -0.1) is 0 Å². The van der Waals surface area contributed by atoms with Gasteiger partial charge in [-0.2, -0.15) is 5.26 Å². The SMILES string of the molecule is Cc1ccccc1CS(=O)(=O)Cc1ccc(C#N)cc1. The van der Waals surface area contributed by atoms with Gasteiger partial charge >= 0.3 is 0 Å². The Labute approximate surface area is 119 Å². The molecule has 0 fully saturated rings. The van der Waals surface area contributed by atoms with Crippen molar-refractivity contribution in [3.8, 4) is 6.07 Å². The number of hydrogen-bond acceptors (Lipinski definition) is 3. The van der Waals surface area contributed by atoms with Crippen LogP contribution in [0.3, 0.4) is 0 Å². The maximum Gasteiger partial charge on any atom is 0.158 e. The predicted octanol–water partition coefficient (Wildman–Crippen LogP) is 2.98. The Morgan fingerprint density at radius 2 is 1.65 bits per heavy atom. The third-order valence-electron chi connectivity index (χ3n) is 3.11. The number of aryl methyl sites for hydroxylation is 1. The van der Waals surface area contributed by atoms with E-state index in [0.29, 0.717) is 11.1 Å². The van der Waals surface area contributed by atoms with Crippen LogP contribution >= 0.6 is 0 Å². The number of hydrogen-bond donors (Lipinski definition) is 0. The van der Waals surface area contributed by atoms with Crippen LogP contribution in [0.1, 0.15) is 22.3 Å². The van der Waals surface area contributed by atoms with Gasteiger partial charge in [-0.1, -0.05) is 36.4 Å². The Bertz CT molecular complexity index is 741. The Morgan fingerprint density at radius 3 is 2.25 bits per heavy atom. The molecule has 0 N–H and O–H groups in total. The molecule has 3 nitrogen and oxygen atoms in total. The second-order valence-corrected chi connectivity index (χ2v) is 6.83. The van der Waals surface area contributed by atoms with E-state index in [1.165, 1.54) is 0 Å². The maximum atomic E-state index is 12.2. The van der Waals surface area contributed by atoms with Crippen molar-refractivity contribution in [1.82, 2.24) is 0 Å². The lowest BCUT2D eigenvalue weighted by Gasteiger charge is -2.07. The monoisotopic (exact) mass is 285 g/mol. The highest BCUT2D eigenvalue weighted by Crippen LogP contribution is 2.15. The molecule has 0 heterocycles. The van der Waals surface area contributed by atoms with Gasteiger partial charge in [0, 0.05) is 0 Å². The molecule has 0 bridgehead atoms. The summed E-state index contributed by atoms with van der Waals surface area (Å²) >= 11 is 0. The highest BCUT2D eigenvalue weighted by Gasteiger charge is 2.14. The van der Waals surface area contributed by atoms with Crippen LogP contribution in [0.25, 0.3) is 0 Å². The van der Waals surface area contributed by atoms with E-state index in [2.05, 4.69) is 0 Å².